The van der Waals surface area contributed by atoms with Gasteiger partial charge in [-0.2, -0.15) is 18.4 Å². The van der Waals surface area contributed by atoms with Crippen LogP contribution in [-0.2, 0) is 0 Å². The number of nitrogens with zero attached hydrogens (tertiary/aromatic N) is 5. The number of hydrogen-bond acceptors (Lipinski definition) is 5. The fraction of sp³-hybridized carbons (Fsp3) is 0.583. The summed E-state index contributed by atoms with van der Waals surface area (Å²) in [6, 6.07) is 0.486. The number of aromatic nitrogens is 2. The molecule has 1 fully saturated rings. The Morgan fingerprint density at radius 1 is 1.20 bits per heavy atom. The van der Waals surface area contributed by atoms with Crippen LogP contribution in [0.25, 0.3) is 0 Å². The van der Waals surface area contributed by atoms with Gasteiger partial charge in [0.05, 0.1) is 0 Å². The molecule has 0 saturated carbocycles. The van der Waals surface area contributed by atoms with Crippen LogP contribution in [-0.4, -0.2) is 53.3 Å². The smallest absolute Gasteiger partial charge is 0.352 e. The lowest BCUT2D eigenvalue weighted by atomic mass is 10.2. The fourth-order valence-corrected chi connectivity index (χ4v) is 2.17. The molecule has 1 aliphatic heterocycles. The highest BCUT2D eigenvalue weighted by molar-refractivity contribution is 5.49. The monoisotopic (exact) mass is 285 g/mol. The number of rotatable bonds is 2. The summed E-state index contributed by atoms with van der Waals surface area (Å²) < 4.78 is 38.0. The second kappa shape index (κ2) is 5.63. The van der Waals surface area contributed by atoms with E-state index in [4.69, 9.17) is 5.26 Å². The van der Waals surface area contributed by atoms with Crippen LogP contribution in [0.1, 0.15) is 12.6 Å². The van der Waals surface area contributed by atoms with Crippen molar-refractivity contribution in [2.45, 2.75) is 19.1 Å². The molecule has 1 aromatic rings. The van der Waals surface area contributed by atoms with E-state index in [1.165, 1.54) is 24.2 Å². The minimum atomic E-state index is -4.22. The Labute approximate surface area is 114 Å². The largest absolute Gasteiger partial charge is 0.403 e. The molecule has 1 saturated heterocycles. The molecular formula is C12H14F3N5. The van der Waals surface area contributed by atoms with E-state index >= 15 is 0 Å². The molecule has 0 unspecified atom stereocenters. The fourth-order valence-electron chi connectivity index (χ4n) is 2.17. The van der Waals surface area contributed by atoms with Crippen LogP contribution in [0.5, 0.6) is 0 Å². The van der Waals surface area contributed by atoms with Crippen molar-refractivity contribution in [3.05, 3.63) is 18.1 Å². The summed E-state index contributed by atoms with van der Waals surface area (Å²) >= 11 is 0. The third-order valence-corrected chi connectivity index (χ3v) is 3.42. The number of hydrogen-bond donors (Lipinski definition) is 0. The van der Waals surface area contributed by atoms with Crippen molar-refractivity contribution in [1.29, 1.82) is 5.26 Å². The van der Waals surface area contributed by atoms with Gasteiger partial charge in [-0.05, 0) is 6.92 Å². The molecule has 8 heteroatoms. The zero-order valence-corrected chi connectivity index (χ0v) is 10.9. The predicted molar refractivity (Wildman–Crippen MR) is 66.1 cm³/mol. The van der Waals surface area contributed by atoms with E-state index in [0.717, 1.165) is 0 Å². The Morgan fingerprint density at radius 2 is 1.80 bits per heavy atom. The highest BCUT2D eigenvalue weighted by Crippen LogP contribution is 2.26. The molecule has 5 nitrogen and oxygen atoms in total. The van der Waals surface area contributed by atoms with Gasteiger partial charge in [-0.1, -0.05) is 0 Å². The molecule has 0 amide bonds. The van der Waals surface area contributed by atoms with Gasteiger partial charge in [0.25, 0.3) is 0 Å². The van der Waals surface area contributed by atoms with Crippen LogP contribution in [0.15, 0.2) is 12.4 Å². The lowest BCUT2D eigenvalue weighted by Gasteiger charge is -2.39. The van der Waals surface area contributed by atoms with Crippen molar-refractivity contribution in [2.75, 3.05) is 31.1 Å². The predicted octanol–water partition coefficient (Wildman–Crippen LogP) is 1.42. The number of piperazine rings is 1. The normalized spacial score (nSPS) is 18.6. The SMILES string of the molecule is C[C@H](N1CCN(c2nccnc2C#N)CC1)C(F)(F)F. The number of halogens is 3. The molecule has 1 atom stereocenters. The first-order chi connectivity index (χ1) is 9.43. The van der Waals surface area contributed by atoms with Crippen LogP contribution in [0, 0.1) is 11.3 Å². The average molecular weight is 285 g/mol. The van der Waals surface area contributed by atoms with Crippen LogP contribution >= 0.6 is 0 Å². The van der Waals surface area contributed by atoms with Crippen LogP contribution < -0.4 is 4.90 Å². The van der Waals surface area contributed by atoms with Gasteiger partial charge in [0.2, 0.25) is 0 Å². The minimum absolute atomic E-state index is 0.199. The molecule has 2 heterocycles. The molecule has 1 aliphatic rings. The van der Waals surface area contributed by atoms with Crippen LogP contribution in [0.2, 0.25) is 0 Å². The molecule has 0 spiro atoms. The zero-order chi connectivity index (χ0) is 14.8. The summed E-state index contributed by atoms with van der Waals surface area (Å²) in [6.07, 6.45) is -1.32. The minimum Gasteiger partial charge on any atom is -0.352 e. The van der Waals surface area contributed by atoms with Crippen LogP contribution in [0.3, 0.4) is 0 Å². The van der Waals surface area contributed by atoms with E-state index in [1.807, 2.05) is 6.07 Å². The van der Waals surface area contributed by atoms with E-state index in [0.29, 0.717) is 18.9 Å². The van der Waals surface area contributed by atoms with Gasteiger partial charge in [0.1, 0.15) is 12.1 Å². The molecule has 0 aliphatic carbocycles. The van der Waals surface area contributed by atoms with Crippen molar-refractivity contribution in [1.82, 2.24) is 14.9 Å². The first-order valence-corrected chi connectivity index (χ1v) is 6.20. The number of nitriles is 1. The third-order valence-electron chi connectivity index (χ3n) is 3.42. The Bertz CT molecular complexity index is 503. The van der Waals surface area contributed by atoms with Crippen molar-refractivity contribution >= 4 is 5.82 Å². The van der Waals surface area contributed by atoms with E-state index in [1.54, 1.807) is 4.90 Å². The van der Waals surface area contributed by atoms with E-state index in [2.05, 4.69) is 9.97 Å². The second-order valence-electron chi connectivity index (χ2n) is 4.58. The topological polar surface area (TPSA) is 56.1 Å². The van der Waals surface area contributed by atoms with E-state index in [9.17, 15) is 13.2 Å². The maximum atomic E-state index is 12.7. The van der Waals surface area contributed by atoms with Gasteiger partial charge < -0.3 is 4.90 Å². The van der Waals surface area contributed by atoms with Crippen LogP contribution in [0.4, 0.5) is 19.0 Å². The molecular weight excluding hydrogens is 271 g/mol. The average Bonchev–Trinajstić information content (AvgIpc) is 2.45. The summed E-state index contributed by atoms with van der Waals surface area (Å²) in [5.41, 5.74) is 0.199. The van der Waals surface area contributed by atoms with Crippen molar-refractivity contribution in [3.8, 4) is 6.07 Å². The van der Waals surface area contributed by atoms with Gasteiger partial charge in [-0.25, -0.2) is 9.97 Å². The van der Waals surface area contributed by atoms with E-state index in [-0.39, 0.29) is 18.8 Å². The maximum Gasteiger partial charge on any atom is 0.403 e. The summed E-state index contributed by atoms with van der Waals surface area (Å²) in [7, 11) is 0. The summed E-state index contributed by atoms with van der Waals surface area (Å²) in [4.78, 5) is 11.2. The van der Waals surface area contributed by atoms with Gasteiger partial charge >= 0.3 is 6.18 Å². The molecule has 0 aromatic carbocycles. The quantitative estimate of drug-likeness (QED) is 0.822. The van der Waals surface area contributed by atoms with Crippen molar-refractivity contribution < 1.29 is 13.2 Å². The highest BCUT2D eigenvalue weighted by atomic mass is 19.4. The summed E-state index contributed by atoms with van der Waals surface area (Å²) in [6.45, 7) is 2.52. The Morgan fingerprint density at radius 3 is 2.35 bits per heavy atom. The first-order valence-electron chi connectivity index (χ1n) is 6.20. The molecule has 0 N–H and O–H groups in total. The lowest BCUT2D eigenvalue weighted by molar-refractivity contribution is -0.179. The van der Waals surface area contributed by atoms with Gasteiger partial charge in [0.15, 0.2) is 11.5 Å². The summed E-state index contributed by atoms with van der Waals surface area (Å²) in [5, 5.41) is 8.96. The molecule has 2 rings (SSSR count). The standard InChI is InChI=1S/C12H14F3N5/c1-9(12(13,14)15)19-4-6-20(7-5-19)11-10(8-16)17-2-3-18-11/h2-3,9H,4-7H2,1H3/t9-/m0/s1. The van der Waals surface area contributed by atoms with Crippen molar-refractivity contribution in [2.24, 2.45) is 0 Å². The molecule has 20 heavy (non-hydrogen) atoms. The molecule has 108 valence electrons. The Balaban J connectivity index is 2.03. The Kier molecular flexibility index (Phi) is 4.09. The third kappa shape index (κ3) is 2.99. The van der Waals surface area contributed by atoms with Crippen molar-refractivity contribution in [3.63, 3.8) is 0 Å². The maximum absolute atomic E-state index is 12.7. The Hall–Kier alpha value is -1.88. The zero-order valence-electron chi connectivity index (χ0n) is 10.9. The molecule has 0 radical (unpaired) electrons. The van der Waals surface area contributed by atoms with Gasteiger partial charge in [-0.15, -0.1) is 0 Å². The van der Waals surface area contributed by atoms with Gasteiger partial charge in [-0.3, -0.25) is 4.90 Å². The number of anilines is 1. The first kappa shape index (κ1) is 14.5. The number of alkyl halides is 3. The lowest BCUT2D eigenvalue weighted by Crippen LogP contribution is -2.54. The van der Waals surface area contributed by atoms with E-state index < -0.39 is 12.2 Å². The molecule has 1 aromatic heterocycles. The molecule has 0 bridgehead atoms. The highest BCUT2D eigenvalue weighted by Gasteiger charge is 2.41. The van der Waals surface area contributed by atoms with Gasteiger partial charge in [0, 0.05) is 38.6 Å². The summed E-state index contributed by atoms with van der Waals surface area (Å²) in [5.74, 6) is 0.439. The second-order valence-corrected chi connectivity index (χ2v) is 4.58.